The summed E-state index contributed by atoms with van der Waals surface area (Å²) in [5, 5.41) is 2.79. The van der Waals surface area contributed by atoms with E-state index in [9.17, 15) is 4.79 Å². The van der Waals surface area contributed by atoms with Gasteiger partial charge in [0.25, 0.3) is 5.91 Å². The van der Waals surface area contributed by atoms with Crippen LogP contribution < -0.4 is 10.1 Å². The molecule has 1 amide bonds. The van der Waals surface area contributed by atoms with Crippen LogP contribution in [0.5, 0.6) is 5.75 Å². The van der Waals surface area contributed by atoms with E-state index in [4.69, 9.17) is 4.74 Å². The van der Waals surface area contributed by atoms with Crippen molar-refractivity contribution in [1.82, 2.24) is 5.32 Å². The van der Waals surface area contributed by atoms with Crippen LogP contribution in [0.1, 0.15) is 17.5 Å². The summed E-state index contributed by atoms with van der Waals surface area (Å²) in [7, 11) is 0. The van der Waals surface area contributed by atoms with Crippen LogP contribution in [0, 0.1) is 6.92 Å². The summed E-state index contributed by atoms with van der Waals surface area (Å²) in [5.41, 5.74) is 2.56. The van der Waals surface area contributed by atoms with Crippen molar-refractivity contribution in [1.29, 1.82) is 0 Å². The molecule has 1 aliphatic rings. The number of rotatable bonds is 5. The van der Waals surface area contributed by atoms with Gasteiger partial charge in [0.1, 0.15) is 17.3 Å². The predicted octanol–water partition coefficient (Wildman–Crippen LogP) is 3.33. The lowest BCUT2D eigenvalue weighted by Gasteiger charge is -2.05. The molecule has 116 valence electrons. The van der Waals surface area contributed by atoms with Crippen molar-refractivity contribution in [2.24, 2.45) is 4.99 Å². The van der Waals surface area contributed by atoms with Crippen molar-refractivity contribution in [2.75, 3.05) is 6.61 Å². The third-order valence-corrected chi connectivity index (χ3v) is 3.58. The standard InChI is InChI=1S/C19H18N2O2/c1-14-7-5-6-8-15(14)13-17-19(22)21-18(20-17)11-12-23-16-9-3-2-4-10-16/h2-10,13H,11-12H2,1H3,(H,20,21,22)/b17-13-. The van der Waals surface area contributed by atoms with Gasteiger partial charge in [0.15, 0.2) is 0 Å². The van der Waals surface area contributed by atoms with Gasteiger partial charge in [-0.05, 0) is 36.3 Å². The summed E-state index contributed by atoms with van der Waals surface area (Å²) < 4.78 is 5.62. The zero-order chi connectivity index (χ0) is 16.1. The number of carbonyl (C=O) groups is 1. The average molecular weight is 306 g/mol. The summed E-state index contributed by atoms with van der Waals surface area (Å²) in [6.07, 6.45) is 2.38. The van der Waals surface area contributed by atoms with Crippen LogP contribution in [-0.2, 0) is 4.79 Å². The van der Waals surface area contributed by atoms with Crippen molar-refractivity contribution in [3.63, 3.8) is 0 Å². The fraction of sp³-hybridized carbons (Fsp3) is 0.158. The molecule has 1 heterocycles. The molecule has 0 saturated heterocycles. The first kappa shape index (κ1) is 15.0. The minimum absolute atomic E-state index is 0.164. The molecule has 0 spiro atoms. The topological polar surface area (TPSA) is 50.7 Å². The Labute approximate surface area is 135 Å². The third kappa shape index (κ3) is 3.86. The number of nitrogens with one attached hydrogen (secondary N) is 1. The van der Waals surface area contributed by atoms with E-state index >= 15 is 0 Å². The number of aliphatic imine (C=N–C) groups is 1. The number of amides is 1. The Hall–Kier alpha value is -2.88. The Morgan fingerprint density at radius 2 is 1.83 bits per heavy atom. The molecule has 23 heavy (non-hydrogen) atoms. The van der Waals surface area contributed by atoms with E-state index in [0.717, 1.165) is 16.9 Å². The fourth-order valence-corrected chi connectivity index (χ4v) is 2.31. The Morgan fingerprint density at radius 3 is 2.61 bits per heavy atom. The Balaban J connectivity index is 1.64. The largest absolute Gasteiger partial charge is 0.493 e. The number of ether oxygens (including phenoxy) is 1. The maximum absolute atomic E-state index is 12.0. The van der Waals surface area contributed by atoms with Gasteiger partial charge in [-0.2, -0.15) is 0 Å². The number of aryl methyl sites for hydroxylation is 1. The molecule has 0 saturated carbocycles. The van der Waals surface area contributed by atoms with Crippen LogP contribution in [0.4, 0.5) is 0 Å². The highest BCUT2D eigenvalue weighted by molar-refractivity contribution is 6.14. The molecule has 2 aromatic carbocycles. The lowest BCUT2D eigenvalue weighted by Crippen LogP contribution is -2.25. The van der Waals surface area contributed by atoms with Gasteiger partial charge in [-0.3, -0.25) is 4.79 Å². The minimum Gasteiger partial charge on any atom is -0.493 e. The highest BCUT2D eigenvalue weighted by atomic mass is 16.5. The second-order valence-electron chi connectivity index (χ2n) is 5.31. The van der Waals surface area contributed by atoms with Crippen LogP contribution in [-0.4, -0.2) is 18.3 Å². The highest BCUT2D eigenvalue weighted by Gasteiger charge is 2.19. The highest BCUT2D eigenvalue weighted by Crippen LogP contribution is 2.16. The smallest absolute Gasteiger partial charge is 0.275 e. The molecule has 0 aliphatic carbocycles. The zero-order valence-electron chi connectivity index (χ0n) is 13.0. The summed E-state index contributed by atoms with van der Waals surface area (Å²) in [4.78, 5) is 16.4. The van der Waals surface area contributed by atoms with Gasteiger partial charge >= 0.3 is 0 Å². The SMILES string of the molecule is Cc1ccccc1/C=C1\N=C(CCOc2ccccc2)NC1=O. The molecule has 1 N–H and O–H groups in total. The molecule has 0 fully saturated rings. The van der Waals surface area contributed by atoms with Crippen molar-refractivity contribution in [3.05, 3.63) is 71.4 Å². The Morgan fingerprint density at radius 1 is 1.09 bits per heavy atom. The predicted molar refractivity (Wildman–Crippen MR) is 91.3 cm³/mol. The van der Waals surface area contributed by atoms with Gasteiger partial charge in [0, 0.05) is 6.42 Å². The molecule has 2 aromatic rings. The number of nitrogens with zero attached hydrogens (tertiary/aromatic N) is 1. The van der Waals surface area contributed by atoms with E-state index in [0.29, 0.717) is 24.6 Å². The molecule has 0 unspecified atom stereocenters. The molecule has 4 heteroatoms. The number of carbonyl (C=O) groups excluding carboxylic acids is 1. The molecular formula is C19H18N2O2. The molecule has 0 bridgehead atoms. The van der Waals surface area contributed by atoms with Crippen molar-refractivity contribution >= 4 is 17.8 Å². The number of hydrogen-bond donors (Lipinski definition) is 1. The van der Waals surface area contributed by atoms with Crippen LogP contribution in [0.25, 0.3) is 6.08 Å². The van der Waals surface area contributed by atoms with Crippen LogP contribution in [0.2, 0.25) is 0 Å². The van der Waals surface area contributed by atoms with Crippen LogP contribution >= 0.6 is 0 Å². The first-order chi connectivity index (χ1) is 11.2. The number of amidine groups is 1. The maximum Gasteiger partial charge on any atom is 0.275 e. The fourth-order valence-electron chi connectivity index (χ4n) is 2.31. The van der Waals surface area contributed by atoms with E-state index in [-0.39, 0.29) is 5.91 Å². The molecule has 1 aliphatic heterocycles. The first-order valence-corrected chi connectivity index (χ1v) is 7.56. The van der Waals surface area contributed by atoms with Crippen LogP contribution in [0.15, 0.2) is 65.3 Å². The maximum atomic E-state index is 12.0. The number of benzene rings is 2. The molecule has 0 aromatic heterocycles. The average Bonchev–Trinajstić information content (AvgIpc) is 2.90. The molecule has 0 atom stereocenters. The summed E-state index contributed by atoms with van der Waals surface area (Å²) in [6, 6.07) is 17.5. The number of hydrogen-bond acceptors (Lipinski definition) is 3. The van der Waals surface area contributed by atoms with E-state index in [1.165, 1.54) is 0 Å². The van der Waals surface area contributed by atoms with Gasteiger partial charge in [0.2, 0.25) is 0 Å². The lowest BCUT2D eigenvalue weighted by molar-refractivity contribution is -0.115. The van der Waals surface area contributed by atoms with Gasteiger partial charge in [-0.15, -0.1) is 0 Å². The second kappa shape index (κ2) is 6.92. The van der Waals surface area contributed by atoms with Gasteiger partial charge in [-0.1, -0.05) is 42.5 Å². The monoisotopic (exact) mass is 306 g/mol. The summed E-state index contributed by atoms with van der Waals surface area (Å²) >= 11 is 0. The quantitative estimate of drug-likeness (QED) is 0.861. The molecule has 3 rings (SSSR count). The van der Waals surface area contributed by atoms with E-state index < -0.39 is 0 Å². The summed E-state index contributed by atoms with van der Waals surface area (Å²) in [5.74, 6) is 1.29. The van der Waals surface area contributed by atoms with E-state index in [2.05, 4.69) is 10.3 Å². The minimum atomic E-state index is -0.164. The lowest BCUT2D eigenvalue weighted by atomic mass is 10.1. The van der Waals surface area contributed by atoms with Gasteiger partial charge in [-0.25, -0.2) is 4.99 Å². The molecule has 4 nitrogen and oxygen atoms in total. The summed E-state index contributed by atoms with van der Waals surface area (Å²) in [6.45, 7) is 2.48. The molecule has 0 radical (unpaired) electrons. The van der Waals surface area contributed by atoms with Crippen LogP contribution in [0.3, 0.4) is 0 Å². The van der Waals surface area contributed by atoms with Gasteiger partial charge in [0.05, 0.1) is 6.61 Å². The Kier molecular flexibility index (Phi) is 4.52. The Bertz CT molecular complexity index is 764. The second-order valence-corrected chi connectivity index (χ2v) is 5.31. The van der Waals surface area contributed by atoms with E-state index in [1.807, 2.05) is 67.6 Å². The third-order valence-electron chi connectivity index (χ3n) is 3.58. The van der Waals surface area contributed by atoms with Crippen molar-refractivity contribution in [3.8, 4) is 5.75 Å². The normalized spacial score (nSPS) is 15.4. The van der Waals surface area contributed by atoms with Crippen molar-refractivity contribution < 1.29 is 9.53 Å². The van der Waals surface area contributed by atoms with Gasteiger partial charge < -0.3 is 10.1 Å². The zero-order valence-corrected chi connectivity index (χ0v) is 13.0. The number of para-hydroxylation sites is 1. The van der Waals surface area contributed by atoms with Crippen molar-refractivity contribution in [2.45, 2.75) is 13.3 Å². The first-order valence-electron chi connectivity index (χ1n) is 7.56. The molecular weight excluding hydrogens is 288 g/mol. The van der Waals surface area contributed by atoms with E-state index in [1.54, 1.807) is 0 Å².